The lowest BCUT2D eigenvalue weighted by Gasteiger charge is -2.36. The van der Waals surface area contributed by atoms with Crippen LogP contribution in [0.3, 0.4) is 0 Å². The van der Waals surface area contributed by atoms with Gasteiger partial charge < -0.3 is 20.0 Å². The molecule has 2 fully saturated rings. The number of hydrogen-bond acceptors (Lipinski definition) is 3. The highest BCUT2D eigenvalue weighted by atomic mass is 16.2. The summed E-state index contributed by atoms with van der Waals surface area (Å²) in [5.74, 6) is 0.603. The molecule has 1 saturated carbocycles. The van der Waals surface area contributed by atoms with Crippen molar-refractivity contribution in [3.8, 4) is 0 Å². The molecule has 1 saturated heterocycles. The van der Waals surface area contributed by atoms with Gasteiger partial charge in [0.25, 0.3) is 0 Å². The van der Waals surface area contributed by atoms with Crippen molar-refractivity contribution in [2.24, 2.45) is 5.92 Å². The molecule has 138 valence electrons. The maximum absolute atomic E-state index is 12.5. The van der Waals surface area contributed by atoms with Gasteiger partial charge in [0.2, 0.25) is 5.91 Å². The number of urea groups is 1. The average molecular weight is 338 g/mol. The predicted octanol–water partition coefficient (Wildman–Crippen LogP) is 1.76. The zero-order valence-corrected chi connectivity index (χ0v) is 15.8. The highest BCUT2D eigenvalue weighted by Gasteiger charge is 2.28. The Morgan fingerprint density at radius 1 is 1.04 bits per heavy atom. The molecular formula is C18H34N4O2. The fourth-order valence-corrected chi connectivity index (χ4v) is 3.80. The molecule has 2 unspecified atom stereocenters. The Kier molecular flexibility index (Phi) is 6.90. The molecule has 2 atom stereocenters. The van der Waals surface area contributed by atoms with E-state index < -0.39 is 0 Å². The van der Waals surface area contributed by atoms with E-state index in [-0.39, 0.29) is 11.9 Å². The summed E-state index contributed by atoms with van der Waals surface area (Å²) in [4.78, 5) is 30.2. The summed E-state index contributed by atoms with van der Waals surface area (Å²) < 4.78 is 0. The first-order valence-corrected chi connectivity index (χ1v) is 9.28. The molecule has 0 aromatic heterocycles. The highest BCUT2D eigenvalue weighted by Crippen LogP contribution is 2.23. The van der Waals surface area contributed by atoms with Crippen LogP contribution in [0.4, 0.5) is 4.79 Å². The standard InChI is InChI=1S/C18H34N4O2/c1-20(2)16-7-5-6-15(13-16)19-18(24)22-10-8-14(9-11-22)12-17(23)21(3)4/h14-16H,5-13H2,1-4H3,(H,19,24). The Morgan fingerprint density at radius 3 is 2.29 bits per heavy atom. The lowest BCUT2D eigenvalue weighted by atomic mass is 9.90. The molecule has 0 radical (unpaired) electrons. The number of likely N-dealkylation sites (tertiary alicyclic amines) is 1. The molecule has 6 heteroatoms. The maximum atomic E-state index is 12.5. The molecule has 3 amide bonds. The molecule has 0 bridgehead atoms. The van der Waals surface area contributed by atoms with Gasteiger partial charge in [0, 0.05) is 45.7 Å². The highest BCUT2D eigenvalue weighted by molar-refractivity contribution is 5.76. The molecule has 1 aliphatic carbocycles. The van der Waals surface area contributed by atoms with E-state index in [1.54, 1.807) is 19.0 Å². The van der Waals surface area contributed by atoms with Crippen molar-refractivity contribution >= 4 is 11.9 Å². The van der Waals surface area contributed by atoms with Crippen LogP contribution in [0.25, 0.3) is 0 Å². The third kappa shape index (κ3) is 5.36. The molecule has 1 N–H and O–H groups in total. The van der Waals surface area contributed by atoms with Crippen LogP contribution in [0.1, 0.15) is 44.9 Å². The SMILES string of the molecule is CN(C)C(=O)CC1CCN(C(=O)NC2CCCC(N(C)C)C2)CC1. The summed E-state index contributed by atoms with van der Waals surface area (Å²) in [6.07, 6.45) is 7.01. The van der Waals surface area contributed by atoms with Gasteiger partial charge in [0.15, 0.2) is 0 Å². The van der Waals surface area contributed by atoms with Crippen molar-refractivity contribution in [2.75, 3.05) is 41.3 Å². The maximum Gasteiger partial charge on any atom is 0.317 e. The number of carbonyl (C=O) groups is 2. The Balaban J connectivity index is 1.73. The topological polar surface area (TPSA) is 55.9 Å². The van der Waals surface area contributed by atoms with Crippen molar-refractivity contribution in [3.05, 3.63) is 0 Å². The number of carbonyl (C=O) groups excluding carboxylic acids is 2. The number of amides is 3. The van der Waals surface area contributed by atoms with Crippen LogP contribution in [-0.2, 0) is 4.79 Å². The molecule has 0 aromatic carbocycles. The van der Waals surface area contributed by atoms with Gasteiger partial charge in [-0.1, -0.05) is 0 Å². The first kappa shape index (κ1) is 19.0. The van der Waals surface area contributed by atoms with Crippen LogP contribution in [0.5, 0.6) is 0 Å². The summed E-state index contributed by atoms with van der Waals surface area (Å²) in [5.41, 5.74) is 0. The van der Waals surface area contributed by atoms with E-state index in [2.05, 4.69) is 24.3 Å². The van der Waals surface area contributed by atoms with Crippen molar-refractivity contribution in [1.82, 2.24) is 20.0 Å². The van der Waals surface area contributed by atoms with Crippen LogP contribution >= 0.6 is 0 Å². The Labute approximate surface area is 146 Å². The molecule has 2 rings (SSSR count). The van der Waals surface area contributed by atoms with E-state index in [1.165, 1.54) is 12.8 Å². The van der Waals surface area contributed by atoms with Crippen LogP contribution in [0.2, 0.25) is 0 Å². The van der Waals surface area contributed by atoms with Crippen LogP contribution in [0, 0.1) is 5.92 Å². The smallest absolute Gasteiger partial charge is 0.317 e. The van der Waals surface area contributed by atoms with Gasteiger partial charge in [-0.15, -0.1) is 0 Å². The Hall–Kier alpha value is -1.30. The van der Waals surface area contributed by atoms with E-state index in [0.717, 1.165) is 38.8 Å². The lowest BCUT2D eigenvalue weighted by Crippen LogP contribution is -2.50. The summed E-state index contributed by atoms with van der Waals surface area (Å²) in [6, 6.07) is 0.954. The lowest BCUT2D eigenvalue weighted by molar-refractivity contribution is -0.129. The van der Waals surface area contributed by atoms with Gasteiger partial charge >= 0.3 is 6.03 Å². The van der Waals surface area contributed by atoms with E-state index in [4.69, 9.17) is 0 Å². The van der Waals surface area contributed by atoms with Crippen molar-refractivity contribution < 1.29 is 9.59 Å². The third-order valence-electron chi connectivity index (χ3n) is 5.57. The minimum absolute atomic E-state index is 0.0804. The molecule has 24 heavy (non-hydrogen) atoms. The molecule has 1 heterocycles. The Bertz CT molecular complexity index is 431. The predicted molar refractivity (Wildman–Crippen MR) is 95.9 cm³/mol. The van der Waals surface area contributed by atoms with E-state index >= 15 is 0 Å². The van der Waals surface area contributed by atoms with Gasteiger partial charge in [-0.2, -0.15) is 0 Å². The van der Waals surface area contributed by atoms with Crippen LogP contribution in [-0.4, -0.2) is 80.0 Å². The van der Waals surface area contributed by atoms with Gasteiger partial charge in [0.1, 0.15) is 0 Å². The molecule has 0 aromatic rings. The molecule has 6 nitrogen and oxygen atoms in total. The summed E-state index contributed by atoms with van der Waals surface area (Å²) in [6.45, 7) is 1.53. The van der Waals surface area contributed by atoms with E-state index in [9.17, 15) is 9.59 Å². The minimum Gasteiger partial charge on any atom is -0.349 e. The number of nitrogens with one attached hydrogen (secondary N) is 1. The second-order valence-electron chi connectivity index (χ2n) is 7.85. The normalized spacial score (nSPS) is 25.6. The third-order valence-corrected chi connectivity index (χ3v) is 5.57. The van der Waals surface area contributed by atoms with Crippen LogP contribution in [0.15, 0.2) is 0 Å². The van der Waals surface area contributed by atoms with Gasteiger partial charge in [0.05, 0.1) is 0 Å². The van der Waals surface area contributed by atoms with Gasteiger partial charge in [-0.25, -0.2) is 4.79 Å². The second-order valence-corrected chi connectivity index (χ2v) is 7.85. The zero-order valence-electron chi connectivity index (χ0n) is 15.8. The quantitative estimate of drug-likeness (QED) is 0.850. The van der Waals surface area contributed by atoms with E-state index in [0.29, 0.717) is 24.4 Å². The largest absolute Gasteiger partial charge is 0.349 e. The number of nitrogens with zero attached hydrogens (tertiary/aromatic N) is 3. The summed E-state index contributed by atoms with van der Waals surface area (Å²) in [7, 11) is 7.84. The van der Waals surface area contributed by atoms with Crippen molar-refractivity contribution in [2.45, 2.75) is 57.0 Å². The fourth-order valence-electron chi connectivity index (χ4n) is 3.80. The van der Waals surface area contributed by atoms with Crippen molar-refractivity contribution in [1.29, 1.82) is 0 Å². The van der Waals surface area contributed by atoms with Gasteiger partial charge in [-0.3, -0.25) is 4.79 Å². The first-order chi connectivity index (χ1) is 11.4. The second kappa shape index (κ2) is 8.70. The average Bonchev–Trinajstić information content (AvgIpc) is 2.55. The Morgan fingerprint density at radius 2 is 1.71 bits per heavy atom. The summed E-state index contributed by atoms with van der Waals surface area (Å²) in [5, 5.41) is 3.23. The van der Waals surface area contributed by atoms with Crippen molar-refractivity contribution in [3.63, 3.8) is 0 Å². The zero-order chi connectivity index (χ0) is 17.7. The summed E-state index contributed by atoms with van der Waals surface area (Å²) >= 11 is 0. The molecule has 2 aliphatic rings. The number of piperidine rings is 1. The molecule has 1 aliphatic heterocycles. The molecular weight excluding hydrogens is 304 g/mol. The minimum atomic E-state index is 0.0804. The number of rotatable bonds is 4. The van der Waals surface area contributed by atoms with E-state index in [1.807, 2.05) is 4.90 Å². The molecule has 0 spiro atoms. The fraction of sp³-hybridized carbons (Fsp3) is 0.889. The first-order valence-electron chi connectivity index (χ1n) is 9.28. The van der Waals surface area contributed by atoms with Crippen LogP contribution < -0.4 is 5.32 Å². The monoisotopic (exact) mass is 338 g/mol. The van der Waals surface area contributed by atoms with Gasteiger partial charge in [-0.05, 0) is 58.5 Å². The number of hydrogen-bond donors (Lipinski definition) is 1.